The first kappa shape index (κ1) is 12.3. The first-order valence-electron chi connectivity index (χ1n) is 3.84. The first-order valence-corrected chi connectivity index (χ1v) is 5.64. The maximum absolute atomic E-state index is 9.68. The molecule has 6 heteroatoms. The number of aliphatic hydroxyl groups is 2. The molecule has 0 bridgehead atoms. The van der Waals surface area contributed by atoms with E-state index < -0.39 is 12.2 Å². The number of rotatable bonds is 3. The van der Waals surface area contributed by atoms with Crippen molar-refractivity contribution in [3.8, 4) is 0 Å². The number of aliphatic hydroxyl groups excluding tert-OH is 2. The van der Waals surface area contributed by atoms with E-state index >= 15 is 0 Å². The van der Waals surface area contributed by atoms with Gasteiger partial charge in [-0.3, -0.25) is 0 Å². The Bertz CT molecular complexity index is 326. The molecule has 0 aliphatic rings. The van der Waals surface area contributed by atoms with Crippen molar-refractivity contribution in [2.45, 2.75) is 12.2 Å². The molecule has 0 saturated heterocycles. The minimum absolute atomic E-state index is 0.174. The van der Waals surface area contributed by atoms with Crippen LogP contribution in [-0.2, 0) is 0 Å². The van der Waals surface area contributed by atoms with Crippen LogP contribution >= 0.6 is 40.2 Å². The molecule has 0 aromatic carbocycles. The lowest BCUT2D eigenvalue weighted by molar-refractivity contribution is 0.0332. The van der Waals surface area contributed by atoms with Gasteiger partial charge < -0.3 is 10.2 Å². The van der Waals surface area contributed by atoms with E-state index in [1.165, 1.54) is 12.3 Å². The normalized spacial score (nSPS) is 15.2. The molecule has 2 atom stereocenters. The quantitative estimate of drug-likeness (QED) is 0.589. The van der Waals surface area contributed by atoms with Gasteiger partial charge in [0.25, 0.3) is 0 Å². The van der Waals surface area contributed by atoms with Crippen molar-refractivity contribution in [1.29, 1.82) is 0 Å². The number of nitrogens with zero attached hydrogens (tertiary/aromatic N) is 1. The third-order valence-corrected chi connectivity index (χ3v) is 2.97. The van der Waals surface area contributed by atoms with Crippen molar-refractivity contribution in [2.24, 2.45) is 0 Å². The summed E-state index contributed by atoms with van der Waals surface area (Å²) in [5.41, 5.74) is 0.506. The zero-order chi connectivity index (χ0) is 10.7. The Labute approximate surface area is 101 Å². The summed E-state index contributed by atoms with van der Waals surface area (Å²) in [4.78, 5) is 3.81. The number of hydrogen-bond acceptors (Lipinski definition) is 4. The summed E-state index contributed by atoms with van der Waals surface area (Å²) in [7, 11) is 0. The molecule has 0 saturated carbocycles. The molecular formula is C8H9BrClNO2S. The molecule has 1 rings (SSSR count). The van der Waals surface area contributed by atoms with Gasteiger partial charge in [-0.15, -0.1) is 0 Å². The Morgan fingerprint density at radius 3 is 2.79 bits per heavy atom. The second-order valence-corrected chi connectivity index (χ2v) is 4.33. The van der Waals surface area contributed by atoms with Crippen LogP contribution < -0.4 is 0 Å². The lowest BCUT2D eigenvalue weighted by atomic mass is 10.1. The summed E-state index contributed by atoms with van der Waals surface area (Å²) < 4.78 is 0.607. The highest BCUT2D eigenvalue weighted by Crippen LogP contribution is 2.27. The van der Waals surface area contributed by atoms with E-state index in [0.29, 0.717) is 10.0 Å². The van der Waals surface area contributed by atoms with Crippen LogP contribution in [0.25, 0.3) is 0 Å². The highest BCUT2D eigenvalue weighted by molar-refractivity contribution is 9.10. The Balaban J connectivity index is 2.99. The number of aromatic nitrogens is 1. The summed E-state index contributed by atoms with van der Waals surface area (Å²) in [5.74, 6) is 0.174. The molecule has 1 aromatic rings. The topological polar surface area (TPSA) is 53.4 Å². The minimum Gasteiger partial charge on any atom is -0.389 e. The molecule has 0 aliphatic heterocycles. The van der Waals surface area contributed by atoms with Crippen LogP contribution in [0.3, 0.4) is 0 Å². The Morgan fingerprint density at radius 2 is 2.21 bits per heavy atom. The monoisotopic (exact) mass is 297 g/mol. The maximum Gasteiger partial charge on any atom is 0.129 e. The van der Waals surface area contributed by atoms with Crippen molar-refractivity contribution < 1.29 is 10.2 Å². The molecule has 1 aromatic heterocycles. The molecule has 0 aliphatic carbocycles. The summed E-state index contributed by atoms with van der Waals surface area (Å²) >= 11 is 12.8. The number of halogens is 2. The number of thiol groups is 1. The molecule has 14 heavy (non-hydrogen) atoms. The fraction of sp³-hybridized carbons (Fsp3) is 0.375. The average Bonchev–Trinajstić information content (AvgIpc) is 2.19. The largest absolute Gasteiger partial charge is 0.389 e. The van der Waals surface area contributed by atoms with E-state index in [1.807, 2.05) is 0 Å². The smallest absolute Gasteiger partial charge is 0.129 e. The molecule has 2 unspecified atom stereocenters. The lowest BCUT2D eigenvalue weighted by Crippen LogP contribution is -2.20. The van der Waals surface area contributed by atoms with E-state index in [2.05, 4.69) is 33.5 Å². The van der Waals surface area contributed by atoms with Gasteiger partial charge in [-0.1, -0.05) is 11.6 Å². The van der Waals surface area contributed by atoms with E-state index in [0.717, 1.165) is 0 Å². The van der Waals surface area contributed by atoms with E-state index in [4.69, 9.17) is 11.6 Å². The second-order valence-electron chi connectivity index (χ2n) is 2.72. The van der Waals surface area contributed by atoms with Crippen LogP contribution in [0.15, 0.2) is 16.7 Å². The third kappa shape index (κ3) is 2.84. The van der Waals surface area contributed by atoms with Gasteiger partial charge in [-0.05, 0) is 22.0 Å². The van der Waals surface area contributed by atoms with Crippen molar-refractivity contribution >= 4 is 40.2 Å². The average molecular weight is 299 g/mol. The van der Waals surface area contributed by atoms with Crippen molar-refractivity contribution in [2.75, 3.05) is 5.75 Å². The number of hydrogen-bond donors (Lipinski definition) is 3. The molecule has 1 heterocycles. The minimum atomic E-state index is -1.01. The van der Waals surface area contributed by atoms with Gasteiger partial charge in [-0.25, -0.2) is 4.98 Å². The Hall–Kier alpha value is 0.190. The predicted octanol–water partition coefficient (Wildman–Crippen LogP) is 1.82. The molecule has 0 radical (unpaired) electrons. The molecule has 3 nitrogen and oxygen atoms in total. The van der Waals surface area contributed by atoms with Gasteiger partial charge in [0.1, 0.15) is 11.3 Å². The van der Waals surface area contributed by atoms with Crippen LogP contribution in [0, 0.1) is 0 Å². The van der Waals surface area contributed by atoms with Crippen LogP contribution in [0.1, 0.15) is 11.7 Å². The standard InChI is InChI=1S/C8H9BrClNO2S/c9-5-2-11-7(10)1-4(5)8(13)6(12)3-14/h1-2,6,8,12-14H,3H2. The van der Waals surface area contributed by atoms with Crippen LogP contribution in [0.4, 0.5) is 0 Å². The summed E-state index contributed by atoms with van der Waals surface area (Å²) in [6.07, 6.45) is -0.456. The predicted molar refractivity (Wildman–Crippen MR) is 61.8 cm³/mol. The van der Waals surface area contributed by atoms with Crippen molar-refractivity contribution in [3.63, 3.8) is 0 Å². The second kappa shape index (κ2) is 5.32. The molecular weight excluding hydrogens is 290 g/mol. The SMILES string of the molecule is OC(CS)C(O)c1cc(Cl)ncc1Br. The Morgan fingerprint density at radius 1 is 1.57 bits per heavy atom. The van der Waals surface area contributed by atoms with Gasteiger partial charge in [-0.2, -0.15) is 12.6 Å². The first-order chi connectivity index (χ1) is 6.56. The molecule has 78 valence electrons. The number of pyridine rings is 1. The van der Waals surface area contributed by atoms with Gasteiger partial charge in [0.15, 0.2) is 0 Å². The third-order valence-electron chi connectivity index (χ3n) is 1.72. The molecule has 2 N–H and O–H groups in total. The summed E-state index contributed by atoms with van der Waals surface area (Å²) in [6, 6.07) is 1.50. The van der Waals surface area contributed by atoms with Crippen LogP contribution in [0.2, 0.25) is 5.15 Å². The van der Waals surface area contributed by atoms with Crippen molar-refractivity contribution in [1.82, 2.24) is 4.98 Å². The van der Waals surface area contributed by atoms with Gasteiger partial charge in [0.2, 0.25) is 0 Å². The molecule has 0 spiro atoms. The Kier molecular flexibility index (Phi) is 4.66. The maximum atomic E-state index is 9.68. The molecule has 0 fully saturated rings. The van der Waals surface area contributed by atoms with E-state index in [1.54, 1.807) is 0 Å². The van der Waals surface area contributed by atoms with Gasteiger partial charge in [0.05, 0.1) is 6.10 Å². The molecule has 0 amide bonds. The fourth-order valence-corrected chi connectivity index (χ4v) is 1.78. The highest BCUT2D eigenvalue weighted by atomic mass is 79.9. The van der Waals surface area contributed by atoms with Crippen LogP contribution in [-0.4, -0.2) is 27.1 Å². The zero-order valence-electron chi connectivity index (χ0n) is 7.06. The van der Waals surface area contributed by atoms with E-state index in [-0.39, 0.29) is 10.9 Å². The lowest BCUT2D eigenvalue weighted by Gasteiger charge is -2.17. The van der Waals surface area contributed by atoms with E-state index in [9.17, 15) is 10.2 Å². The zero-order valence-corrected chi connectivity index (χ0v) is 10.3. The summed E-state index contributed by atoms with van der Waals surface area (Å²) in [5, 5.41) is 19.3. The summed E-state index contributed by atoms with van der Waals surface area (Å²) in [6.45, 7) is 0. The fourth-order valence-electron chi connectivity index (χ4n) is 0.961. The van der Waals surface area contributed by atoms with Crippen LogP contribution in [0.5, 0.6) is 0 Å². The van der Waals surface area contributed by atoms with Gasteiger partial charge >= 0.3 is 0 Å². The van der Waals surface area contributed by atoms with Crippen molar-refractivity contribution in [3.05, 3.63) is 27.5 Å². The van der Waals surface area contributed by atoms with Gasteiger partial charge in [0, 0.05) is 22.0 Å². The highest BCUT2D eigenvalue weighted by Gasteiger charge is 2.19.